The van der Waals surface area contributed by atoms with Crippen LogP contribution in [0.5, 0.6) is 0 Å². The predicted molar refractivity (Wildman–Crippen MR) is 137 cm³/mol. The lowest BCUT2D eigenvalue weighted by Crippen LogP contribution is -2.36. The molecule has 3 aromatic carbocycles. The van der Waals surface area contributed by atoms with Crippen molar-refractivity contribution >= 4 is 62.1 Å². The fourth-order valence-corrected chi connectivity index (χ4v) is 5.45. The van der Waals surface area contributed by atoms with Crippen molar-refractivity contribution in [3.8, 4) is 10.6 Å². The van der Waals surface area contributed by atoms with E-state index < -0.39 is 29.4 Å². The van der Waals surface area contributed by atoms with Crippen LogP contribution in [0.2, 0.25) is 0 Å². The second-order valence-corrected chi connectivity index (χ2v) is 9.96. The van der Waals surface area contributed by atoms with E-state index in [1.165, 1.54) is 35.9 Å². The average Bonchev–Trinajstić information content (AvgIpc) is 3.37. The number of aryl methyl sites for hydroxylation is 1. The summed E-state index contributed by atoms with van der Waals surface area (Å²) < 4.78 is 14.2. The van der Waals surface area contributed by atoms with Crippen molar-refractivity contribution < 1.29 is 18.8 Å². The molecule has 1 saturated heterocycles. The molecule has 35 heavy (non-hydrogen) atoms. The first-order valence-electron chi connectivity index (χ1n) is 10.6. The quantitative estimate of drug-likeness (QED) is 0.334. The minimum absolute atomic E-state index is 0.185. The number of imide groups is 1. The van der Waals surface area contributed by atoms with E-state index in [9.17, 15) is 18.8 Å². The third-order valence-electron chi connectivity index (χ3n) is 5.30. The molecule has 0 saturated carbocycles. The smallest absolute Gasteiger partial charge is 0.294 e. The molecular formula is C26H18FN3O3S2. The third-order valence-corrected chi connectivity index (χ3v) is 7.28. The van der Waals surface area contributed by atoms with Crippen molar-refractivity contribution in [2.75, 3.05) is 11.9 Å². The van der Waals surface area contributed by atoms with Gasteiger partial charge in [-0.25, -0.2) is 9.37 Å². The Morgan fingerprint density at radius 2 is 1.80 bits per heavy atom. The van der Waals surface area contributed by atoms with Gasteiger partial charge in [0.1, 0.15) is 17.4 Å². The van der Waals surface area contributed by atoms with Crippen LogP contribution < -0.4 is 5.32 Å². The highest BCUT2D eigenvalue weighted by atomic mass is 32.2. The van der Waals surface area contributed by atoms with Crippen molar-refractivity contribution in [3.05, 3.63) is 88.6 Å². The topological polar surface area (TPSA) is 79.4 Å². The van der Waals surface area contributed by atoms with E-state index in [0.717, 1.165) is 37.4 Å². The number of carbonyl (C=O) groups is 3. The van der Waals surface area contributed by atoms with Gasteiger partial charge in [0.2, 0.25) is 5.91 Å². The van der Waals surface area contributed by atoms with Crippen LogP contribution in [0.25, 0.3) is 26.9 Å². The number of rotatable bonds is 5. The SMILES string of the molecule is Cc1ccc2nc(-c3ccc(NC(=O)CN4C(=O)S/C(=C/c5ccc(F)cc5)C4=O)cc3)sc2c1. The van der Waals surface area contributed by atoms with Crippen molar-refractivity contribution in [1.29, 1.82) is 0 Å². The van der Waals surface area contributed by atoms with Crippen molar-refractivity contribution in [3.63, 3.8) is 0 Å². The minimum Gasteiger partial charge on any atom is -0.325 e. The lowest BCUT2D eigenvalue weighted by atomic mass is 10.2. The summed E-state index contributed by atoms with van der Waals surface area (Å²) in [5.74, 6) is -1.44. The molecule has 0 aliphatic carbocycles. The molecule has 9 heteroatoms. The molecule has 0 atom stereocenters. The normalized spacial score (nSPS) is 14.8. The fraction of sp³-hybridized carbons (Fsp3) is 0.0769. The Balaban J connectivity index is 1.24. The first kappa shape index (κ1) is 22.9. The number of benzene rings is 3. The van der Waals surface area contributed by atoms with Gasteiger partial charge in [0.25, 0.3) is 11.1 Å². The Morgan fingerprint density at radius 3 is 2.54 bits per heavy atom. The highest BCUT2D eigenvalue weighted by Gasteiger charge is 2.36. The number of nitrogens with one attached hydrogen (secondary N) is 1. The van der Waals surface area contributed by atoms with Crippen molar-refractivity contribution in [2.24, 2.45) is 0 Å². The number of anilines is 1. The summed E-state index contributed by atoms with van der Waals surface area (Å²) in [6.45, 7) is 1.64. The molecule has 4 aromatic rings. The van der Waals surface area contributed by atoms with Gasteiger partial charge in [-0.1, -0.05) is 18.2 Å². The Kier molecular flexibility index (Phi) is 6.19. The first-order valence-corrected chi connectivity index (χ1v) is 12.3. The van der Waals surface area contributed by atoms with Gasteiger partial charge < -0.3 is 5.32 Å². The zero-order valence-electron chi connectivity index (χ0n) is 18.4. The van der Waals surface area contributed by atoms with Crippen LogP contribution in [0.4, 0.5) is 14.9 Å². The van der Waals surface area contributed by atoms with Crippen LogP contribution >= 0.6 is 23.1 Å². The van der Waals surface area contributed by atoms with E-state index in [2.05, 4.69) is 16.4 Å². The molecule has 1 aromatic heterocycles. The number of thiazole rings is 1. The van der Waals surface area contributed by atoms with Gasteiger partial charge in [-0.15, -0.1) is 11.3 Å². The number of halogens is 1. The molecule has 0 spiro atoms. The second-order valence-electron chi connectivity index (χ2n) is 7.94. The van der Waals surface area contributed by atoms with Crippen LogP contribution in [-0.4, -0.2) is 33.5 Å². The largest absolute Gasteiger partial charge is 0.325 e. The van der Waals surface area contributed by atoms with Crippen LogP contribution in [0.1, 0.15) is 11.1 Å². The van der Waals surface area contributed by atoms with E-state index in [1.807, 2.05) is 31.2 Å². The lowest BCUT2D eigenvalue weighted by Gasteiger charge is -2.12. The van der Waals surface area contributed by atoms with Gasteiger partial charge in [-0.3, -0.25) is 19.3 Å². The maximum Gasteiger partial charge on any atom is 0.294 e. The summed E-state index contributed by atoms with van der Waals surface area (Å²) in [6, 6.07) is 18.9. The monoisotopic (exact) mass is 503 g/mol. The number of carbonyl (C=O) groups excluding carboxylic acids is 3. The first-order chi connectivity index (χ1) is 16.9. The van der Waals surface area contributed by atoms with E-state index in [0.29, 0.717) is 11.3 Å². The van der Waals surface area contributed by atoms with E-state index in [1.54, 1.807) is 23.5 Å². The Bertz CT molecular complexity index is 1490. The molecule has 1 N–H and O–H groups in total. The summed E-state index contributed by atoms with van der Waals surface area (Å²) in [7, 11) is 0. The lowest BCUT2D eigenvalue weighted by molar-refractivity contribution is -0.127. The van der Waals surface area contributed by atoms with Gasteiger partial charge in [-0.2, -0.15) is 0 Å². The summed E-state index contributed by atoms with van der Waals surface area (Å²) in [5, 5.41) is 3.08. The van der Waals surface area contributed by atoms with E-state index in [4.69, 9.17) is 0 Å². The number of hydrogen-bond acceptors (Lipinski definition) is 6. The Morgan fingerprint density at radius 1 is 1.06 bits per heavy atom. The predicted octanol–water partition coefficient (Wildman–Crippen LogP) is 6.09. The van der Waals surface area contributed by atoms with Gasteiger partial charge >= 0.3 is 0 Å². The van der Waals surface area contributed by atoms with Gasteiger partial charge in [-0.05, 0) is 84.4 Å². The number of hydrogen-bond donors (Lipinski definition) is 1. The highest BCUT2D eigenvalue weighted by Crippen LogP contribution is 2.33. The van der Waals surface area contributed by atoms with Gasteiger partial charge in [0.15, 0.2) is 0 Å². The molecule has 1 aliphatic rings. The zero-order valence-corrected chi connectivity index (χ0v) is 20.1. The molecule has 3 amide bonds. The molecular weight excluding hydrogens is 485 g/mol. The molecule has 174 valence electrons. The molecule has 6 nitrogen and oxygen atoms in total. The molecule has 0 bridgehead atoms. The summed E-state index contributed by atoms with van der Waals surface area (Å²) in [4.78, 5) is 43.2. The van der Waals surface area contributed by atoms with E-state index in [-0.39, 0.29) is 4.91 Å². The van der Waals surface area contributed by atoms with Gasteiger partial charge in [0, 0.05) is 11.3 Å². The standard InChI is InChI=1S/C26H18FN3O3S2/c1-15-2-11-20-21(12-15)34-24(29-20)17-5-9-19(10-6-17)28-23(31)14-30-25(32)22(35-26(30)33)13-16-3-7-18(27)8-4-16/h2-13H,14H2,1H3,(H,28,31)/b22-13+. The molecule has 2 heterocycles. The fourth-order valence-electron chi connectivity index (χ4n) is 3.54. The molecule has 0 radical (unpaired) electrons. The minimum atomic E-state index is -0.555. The number of aromatic nitrogens is 1. The average molecular weight is 504 g/mol. The molecule has 5 rings (SSSR count). The summed E-state index contributed by atoms with van der Waals surface area (Å²) in [6.07, 6.45) is 1.50. The second kappa shape index (κ2) is 9.44. The molecule has 1 aliphatic heterocycles. The van der Waals surface area contributed by atoms with Crippen LogP contribution in [-0.2, 0) is 9.59 Å². The van der Waals surface area contributed by atoms with Crippen LogP contribution in [0.3, 0.4) is 0 Å². The highest BCUT2D eigenvalue weighted by molar-refractivity contribution is 8.18. The number of amides is 3. The van der Waals surface area contributed by atoms with Gasteiger partial charge in [0.05, 0.1) is 15.1 Å². The molecule has 0 unspecified atom stereocenters. The molecule has 1 fully saturated rings. The van der Waals surface area contributed by atoms with Crippen LogP contribution in [0.15, 0.2) is 71.6 Å². The number of fused-ring (bicyclic) bond motifs is 1. The maximum absolute atomic E-state index is 13.1. The Hall–Kier alpha value is -3.82. The summed E-state index contributed by atoms with van der Waals surface area (Å²) >= 11 is 2.35. The summed E-state index contributed by atoms with van der Waals surface area (Å²) in [5.41, 5.74) is 4.18. The number of nitrogens with zero attached hydrogens (tertiary/aromatic N) is 2. The Labute approximate surface area is 208 Å². The van der Waals surface area contributed by atoms with Crippen molar-refractivity contribution in [2.45, 2.75) is 6.92 Å². The maximum atomic E-state index is 13.1. The number of thioether (sulfide) groups is 1. The van der Waals surface area contributed by atoms with Crippen molar-refractivity contribution in [1.82, 2.24) is 9.88 Å². The van der Waals surface area contributed by atoms with E-state index >= 15 is 0 Å². The third kappa shape index (κ3) is 5.01. The van der Waals surface area contributed by atoms with Crippen LogP contribution in [0, 0.1) is 12.7 Å². The zero-order chi connectivity index (χ0) is 24.5.